The van der Waals surface area contributed by atoms with E-state index in [0.29, 0.717) is 31.3 Å². The van der Waals surface area contributed by atoms with Crippen LogP contribution in [0.25, 0.3) is 0 Å². The van der Waals surface area contributed by atoms with E-state index in [0.717, 1.165) is 11.1 Å². The van der Waals surface area contributed by atoms with Gasteiger partial charge in [0.1, 0.15) is 0 Å². The molecular formula is C26H20Cl2N2O4S2. The lowest BCUT2D eigenvalue weighted by atomic mass is 10.2. The summed E-state index contributed by atoms with van der Waals surface area (Å²) in [4.78, 5) is 22.2. The van der Waals surface area contributed by atoms with Gasteiger partial charge >= 0.3 is 0 Å². The molecule has 0 N–H and O–H groups in total. The van der Waals surface area contributed by atoms with Gasteiger partial charge in [-0.1, -0.05) is 83.9 Å². The van der Waals surface area contributed by atoms with Crippen LogP contribution in [0.1, 0.15) is 11.1 Å². The SMILES string of the molecule is O=[N+]([O-])c1ccc(Cl)cc1SCc1ccccc1.O=[N+]([O-])c1ccc(Cl)cc1SCc1ccccc1. The van der Waals surface area contributed by atoms with Crippen LogP contribution in [-0.4, -0.2) is 9.85 Å². The Balaban J connectivity index is 0.000000201. The summed E-state index contributed by atoms with van der Waals surface area (Å²) < 4.78 is 0. The quantitative estimate of drug-likeness (QED) is 0.122. The van der Waals surface area contributed by atoms with Gasteiger partial charge in [0.05, 0.1) is 19.6 Å². The van der Waals surface area contributed by atoms with Crippen LogP contribution in [0, 0.1) is 20.2 Å². The number of nitrogens with zero attached hydrogens (tertiary/aromatic N) is 2. The van der Waals surface area contributed by atoms with E-state index in [9.17, 15) is 20.2 Å². The first-order valence-corrected chi connectivity index (χ1v) is 13.3. The topological polar surface area (TPSA) is 86.3 Å². The van der Waals surface area contributed by atoms with Crippen molar-refractivity contribution in [2.45, 2.75) is 21.3 Å². The van der Waals surface area contributed by atoms with E-state index < -0.39 is 0 Å². The lowest BCUT2D eigenvalue weighted by Crippen LogP contribution is -1.91. The third-order valence-corrected chi connectivity index (χ3v) is 7.41. The second kappa shape index (κ2) is 13.9. The maximum absolute atomic E-state index is 10.9. The number of hydrogen-bond acceptors (Lipinski definition) is 6. The number of hydrogen-bond donors (Lipinski definition) is 0. The number of nitro groups is 2. The third-order valence-electron chi connectivity index (χ3n) is 4.71. The fraction of sp³-hybridized carbons (Fsp3) is 0.0769. The smallest absolute Gasteiger partial charge is 0.258 e. The minimum absolute atomic E-state index is 0.0975. The maximum atomic E-state index is 10.9. The maximum Gasteiger partial charge on any atom is 0.282 e. The molecule has 4 aromatic carbocycles. The van der Waals surface area contributed by atoms with E-state index in [-0.39, 0.29) is 21.2 Å². The molecule has 0 amide bonds. The van der Waals surface area contributed by atoms with E-state index in [4.69, 9.17) is 23.2 Å². The number of halogens is 2. The van der Waals surface area contributed by atoms with E-state index in [1.807, 2.05) is 60.7 Å². The molecule has 6 nitrogen and oxygen atoms in total. The zero-order valence-corrected chi connectivity index (χ0v) is 21.9. The zero-order valence-electron chi connectivity index (χ0n) is 18.8. The summed E-state index contributed by atoms with van der Waals surface area (Å²) in [7, 11) is 0. The first-order chi connectivity index (χ1) is 17.3. The molecular weight excluding hydrogens is 539 g/mol. The van der Waals surface area contributed by atoms with Crippen molar-refractivity contribution in [1.29, 1.82) is 0 Å². The van der Waals surface area contributed by atoms with Crippen molar-refractivity contribution in [1.82, 2.24) is 0 Å². The lowest BCUT2D eigenvalue weighted by Gasteiger charge is -2.03. The molecule has 184 valence electrons. The molecule has 0 heterocycles. The monoisotopic (exact) mass is 558 g/mol. The fourth-order valence-electron chi connectivity index (χ4n) is 2.98. The highest BCUT2D eigenvalue weighted by molar-refractivity contribution is 7.99. The Morgan fingerprint density at radius 3 is 1.28 bits per heavy atom. The molecule has 0 aromatic heterocycles. The predicted molar refractivity (Wildman–Crippen MR) is 148 cm³/mol. The average molecular weight is 559 g/mol. The Morgan fingerprint density at radius 1 is 0.583 bits per heavy atom. The van der Waals surface area contributed by atoms with Crippen LogP contribution in [0.5, 0.6) is 0 Å². The van der Waals surface area contributed by atoms with Crippen molar-refractivity contribution < 1.29 is 9.85 Å². The highest BCUT2D eigenvalue weighted by Gasteiger charge is 2.15. The molecule has 0 aliphatic rings. The van der Waals surface area contributed by atoms with Gasteiger partial charge in [-0.25, -0.2) is 0 Å². The molecule has 0 saturated heterocycles. The van der Waals surface area contributed by atoms with Crippen molar-refractivity contribution in [3.8, 4) is 0 Å². The van der Waals surface area contributed by atoms with Crippen LogP contribution >= 0.6 is 46.7 Å². The van der Waals surface area contributed by atoms with Gasteiger partial charge in [-0.15, -0.1) is 23.5 Å². The van der Waals surface area contributed by atoms with Crippen molar-refractivity contribution in [3.05, 3.63) is 138 Å². The van der Waals surface area contributed by atoms with Crippen molar-refractivity contribution in [2.24, 2.45) is 0 Å². The van der Waals surface area contributed by atoms with Gasteiger partial charge in [0, 0.05) is 33.7 Å². The predicted octanol–water partition coefficient (Wildman–Crippen LogP) is 9.08. The molecule has 0 radical (unpaired) electrons. The van der Waals surface area contributed by atoms with Crippen LogP contribution in [0.3, 0.4) is 0 Å². The van der Waals surface area contributed by atoms with Gasteiger partial charge in [-0.3, -0.25) is 20.2 Å². The van der Waals surface area contributed by atoms with Crippen molar-refractivity contribution in [2.75, 3.05) is 0 Å². The highest BCUT2D eigenvalue weighted by Crippen LogP contribution is 2.34. The Kier molecular flexibility index (Phi) is 10.6. The minimum Gasteiger partial charge on any atom is -0.258 e. The summed E-state index contributed by atoms with van der Waals surface area (Å²) in [5, 5.41) is 22.8. The summed E-state index contributed by atoms with van der Waals surface area (Å²) in [5.41, 5.74) is 2.44. The van der Waals surface area contributed by atoms with Gasteiger partial charge < -0.3 is 0 Å². The van der Waals surface area contributed by atoms with E-state index in [1.165, 1.54) is 47.8 Å². The largest absolute Gasteiger partial charge is 0.282 e. The zero-order chi connectivity index (χ0) is 25.9. The normalized spacial score (nSPS) is 10.3. The standard InChI is InChI=1S/2C13H10ClNO2S/c2*14-11-6-7-12(15(16)17)13(8-11)18-9-10-4-2-1-3-5-10/h2*1-8H,9H2. The van der Waals surface area contributed by atoms with Crippen LogP contribution in [0.15, 0.2) is 107 Å². The lowest BCUT2D eigenvalue weighted by molar-refractivity contribution is -0.387. The third kappa shape index (κ3) is 8.57. The van der Waals surface area contributed by atoms with Gasteiger partial charge in [0.15, 0.2) is 0 Å². The van der Waals surface area contributed by atoms with E-state index >= 15 is 0 Å². The molecule has 36 heavy (non-hydrogen) atoms. The van der Waals surface area contributed by atoms with E-state index in [2.05, 4.69) is 0 Å². The first-order valence-electron chi connectivity index (χ1n) is 10.5. The summed E-state index contributed by atoms with van der Waals surface area (Å²) in [6, 6.07) is 28.8. The summed E-state index contributed by atoms with van der Waals surface area (Å²) in [6.07, 6.45) is 0. The van der Waals surface area contributed by atoms with Crippen LogP contribution in [0.2, 0.25) is 10.0 Å². The van der Waals surface area contributed by atoms with Gasteiger partial charge in [-0.2, -0.15) is 0 Å². The molecule has 0 aliphatic heterocycles. The molecule has 0 unspecified atom stereocenters. The molecule has 0 aliphatic carbocycles. The second-order valence-corrected chi connectivity index (χ2v) is 10.2. The molecule has 0 saturated carbocycles. The fourth-order valence-corrected chi connectivity index (χ4v) is 5.48. The van der Waals surface area contributed by atoms with E-state index in [1.54, 1.807) is 12.1 Å². The van der Waals surface area contributed by atoms with Crippen LogP contribution in [0.4, 0.5) is 11.4 Å². The van der Waals surface area contributed by atoms with Gasteiger partial charge in [0.2, 0.25) is 0 Å². The molecule has 0 bridgehead atoms. The molecule has 0 fully saturated rings. The molecule has 10 heteroatoms. The summed E-state index contributed by atoms with van der Waals surface area (Å²) >= 11 is 14.6. The Morgan fingerprint density at radius 2 is 0.944 bits per heavy atom. The average Bonchev–Trinajstić information content (AvgIpc) is 2.87. The van der Waals surface area contributed by atoms with Crippen LogP contribution in [-0.2, 0) is 11.5 Å². The molecule has 0 atom stereocenters. The number of benzene rings is 4. The number of nitro benzene ring substituents is 2. The highest BCUT2D eigenvalue weighted by atomic mass is 35.5. The molecule has 4 aromatic rings. The van der Waals surface area contributed by atoms with Gasteiger partial charge in [0.25, 0.3) is 11.4 Å². The number of rotatable bonds is 8. The van der Waals surface area contributed by atoms with Crippen molar-refractivity contribution >= 4 is 58.1 Å². The summed E-state index contributed by atoms with van der Waals surface area (Å²) in [5.74, 6) is 1.37. The number of thioether (sulfide) groups is 2. The first kappa shape index (κ1) is 27.5. The minimum atomic E-state index is -0.385. The van der Waals surface area contributed by atoms with Crippen LogP contribution < -0.4 is 0 Å². The van der Waals surface area contributed by atoms with Crippen molar-refractivity contribution in [3.63, 3.8) is 0 Å². The Labute approximate surface area is 226 Å². The Bertz CT molecular complexity index is 1220. The Hall–Kier alpha value is -3.04. The second-order valence-electron chi connectivity index (χ2n) is 7.29. The summed E-state index contributed by atoms with van der Waals surface area (Å²) in [6.45, 7) is 0. The van der Waals surface area contributed by atoms with Gasteiger partial charge in [-0.05, 0) is 35.4 Å². The molecule has 0 spiro atoms. The molecule has 4 rings (SSSR count).